The molecule has 0 saturated carbocycles. The average molecular weight is 341 g/mol. The molecule has 1 aliphatic heterocycles. The first-order valence-corrected chi connectivity index (χ1v) is 9.01. The summed E-state index contributed by atoms with van der Waals surface area (Å²) >= 11 is 0. The molecule has 1 atom stereocenters. The molecule has 1 N–H and O–H groups in total. The molecule has 0 bridgehead atoms. The molecule has 2 amide bonds. The van der Waals surface area contributed by atoms with Crippen molar-refractivity contribution in [3.05, 3.63) is 41.0 Å². The van der Waals surface area contributed by atoms with Crippen LogP contribution in [-0.4, -0.2) is 38.8 Å². The van der Waals surface area contributed by atoms with E-state index in [0.717, 1.165) is 48.6 Å². The summed E-state index contributed by atoms with van der Waals surface area (Å²) in [5.41, 5.74) is 4.34. The van der Waals surface area contributed by atoms with Crippen LogP contribution < -0.4 is 5.32 Å². The summed E-state index contributed by atoms with van der Waals surface area (Å²) < 4.78 is 2.07. The van der Waals surface area contributed by atoms with Crippen molar-refractivity contribution in [2.24, 2.45) is 0 Å². The SMILES string of the molecule is CCn1cnnc1[C@@H]1CCCN(C(=O)Nc2c(C)cc(C)cc2C)C1. The molecule has 1 fully saturated rings. The van der Waals surface area contributed by atoms with Crippen LogP contribution in [0, 0.1) is 20.8 Å². The number of aromatic nitrogens is 3. The van der Waals surface area contributed by atoms with Gasteiger partial charge in [-0.05, 0) is 51.7 Å². The zero-order chi connectivity index (χ0) is 18.0. The number of carbonyl (C=O) groups excluding carboxylic acids is 1. The topological polar surface area (TPSA) is 63.1 Å². The molecule has 134 valence electrons. The fourth-order valence-electron chi connectivity index (χ4n) is 3.76. The van der Waals surface area contributed by atoms with Crippen LogP contribution in [0.3, 0.4) is 0 Å². The predicted octanol–water partition coefficient (Wildman–Crippen LogP) is 3.63. The molecule has 6 nitrogen and oxygen atoms in total. The molecular weight excluding hydrogens is 314 g/mol. The first-order chi connectivity index (χ1) is 12.0. The van der Waals surface area contributed by atoms with Crippen LogP contribution in [0.2, 0.25) is 0 Å². The van der Waals surface area contributed by atoms with Crippen molar-refractivity contribution in [3.63, 3.8) is 0 Å². The maximum Gasteiger partial charge on any atom is 0.321 e. The van der Waals surface area contributed by atoms with E-state index >= 15 is 0 Å². The van der Waals surface area contributed by atoms with Gasteiger partial charge in [-0.25, -0.2) is 4.79 Å². The van der Waals surface area contributed by atoms with Crippen molar-refractivity contribution in [3.8, 4) is 0 Å². The zero-order valence-electron chi connectivity index (χ0n) is 15.5. The largest absolute Gasteiger partial charge is 0.324 e. The summed E-state index contributed by atoms with van der Waals surface area (Å²) in [6, 6.07) is 4.18. The number of nitrogens with one attached hydrogen (secondary N) is 1. The molecule has 1 aromatic carbocycles. The van der Waals surface area contributed by atoms with Crippen LogP contribution in [-0.2, 0) is 6.54 Å². The van der Waals surface area contributed by atoms with Gasteiger partial charge in [-0.3, -0.25) is 0 Å². The van der Waals surface area contributed by atoms with Gasteiger partial charge in [0.15, 0.2) is 0 Å². The smallest absolute Gasteiger partial charge is 0.321 e. The van der Waals surface area contributed by atoms with Crippen LogP contribution in [0.25, 0.3) is 0 Å². The predicted molar refractivity (Wildman–Crippen MR) is 98.9 cm³/mol. The van der Waals surface area contributed by atoms with Gasteiger partial charge in [0.25, 0.3) is 0 Å². The Morgan fingerprint density at radius 2 is 2.00 bits per heavy atom. The van der Waals surface area contributed by atoms with Crippen molar-refractivity contribution >= 4 is 11.7 Å². The van der Waals surface area contributed by atoms with E-state index in [1.807, 2.05) is 18.7 Å². The van der Waals surface area contributed by atoms with E-state index in [4.69, 9.17) is 0 Å². The highest BCUT2D eigenvalue weighted by atomic mass is 16.2. The Balaban J connectivity index is 1.72. The number of amides is 2. The third kappa shape index (κ3) is 3.67. The van der Waals surface area contributed by atoms with Crippen LogP contribution in [0.5, 0.6) is 0 Å². The molecule has 25 heavy (non-hydrogen) atoms. The highest BCUT2D eigenvalue weighted by Gasteiger charge is 2.28. The minimum absolute atomic E-state index is 0.0256. The van der Waals surface area contributed by atoms with E-state index in [1.54, 1.807) is 6.33 Å². The fraction of sp³-hybridized carbons (Fsp3) is 0.526. The van der Waals surface area contributed by atoms with E-state index < -0.39 is 0 Å². The summed E-state index contributed by atoms with van der Waals surface area (Å²) in [5.74, 6) is 1.24. The molecule has 1 aliphatic rings. The molecule has 1 aromatic heterocycles. The van der Waals surface area contributed by atoms with Gasteiger partial charge < -0.3 is 14.8 Å². The van der Waals surface area contributed by atoms with Crippen molar-refractivity contribution in [2.45, 2.75) is 53.0 Å². The van der Waals surface area contributed by atoms with E-state index in [1.165, 1.54) is 5.56 Å². The Morgan fingerprint density at radius 3 is 2.68 bits per heavy atom. The number of nitrogens with zero attached hydrogens (tertiary/aromatic N) is 4. The number of rotatable bonds is 3. The van der Waals surface area contributed by atoms with Gasteiger partial charge in [-0.1, -0.05) is 17.7 Å². The van der Waals surface area contributed by atoms with Crippen LogP contribution in [0.4, 0.5) is 10.5 Å². The second kappa shape index (κ2) is 7.25. The number of hydrogen-bond donors (Lipinski definition) is 1. The van der Waals surface area contributed by atoms with E-state index in [0.29, 0.717) is 6.54 Å². The monoisotopic (exact) mass is 341 g/mol. The second-order valence-electron chi connectivity index (χ2n) is 6.96. The maximum absolute atomic E-state index is 12.8. The fourth-order valence-corrected chi connectivity index (χ4v) is 3.76. The highest BCUT2D eigenvalue weighted by molar-refractivity contribution is 5.91. The first kappa shape index (κ1) is 17.5. The molecule has 0 radical (unpaired) electrons. The number of likely N-dealkylation sites (tertiary alicyclic amines) is 1. The summed E-state index contributed by atoms with van der Waals surface area (Å²) in [4.78, 5) is 14.7. The number of benzene rings is 1. The standard InChI is InChI=1S/C19H27N5O/c1-5-23-12-20-22-18(23)16-7-6-8-24(11-16)19(25)21-17-14(3)9-13(2)10-15(17)4/h9-10,12,16H,5-8,11H2,1-4H3,(H,21,25)/t16-/m1/s1. The molecule has 0 aliphatic carbocycles. The van der Waals surface area contributed by atoms with Gasteiger partial charge in [0, 0.05) is 31.2 Å². The molecule has 1 saturated heterocycles. The van der Waals surface area contributed by atoms with Crippen LogP contribution in [0.1, 0.15) is 48.2 Å². The lowest BCUT2D eigenvalue weighted by Gasteiger charge is -2.32. The molecule has 0 unspecified atom stereocenters. The number of carbonyl (C=O) groups is 1. The molecule has 2 heterocycles. The molecule has 6 heteroatoms. The minimum atomic E-state index is -0.0256. The van der Waals surface area contributed by atoms with Gasteiger partial charge in [0.1, 0.15) is 12.2 Å². The van der Waals surface area contributed by atoms with Gasteiger partial charge >= 0.3 is 6.03 Å². The quantitative estimate of drug-likeness (QED) is 0.927. The number of anilines is 1. The van der Waals surface area contributed by atoms with Crippen LogP contribution in [0.15, 0.2) is 18.5 Å². The Hall–Kier alpha value is -2.37. The Labute approximate surface area is 149 Å². The van der Waals surface area contributed by atoms with Crippen molar-refractivity contribution in [1.82, 2.24) is 19.7 Å². The Morgan fingerprint density at radius 1 is 1.28 bits per heavy atom. The van der Waals surface area contributed by atoms with Gasteiger partial charge in [-0.2, -0.15) is 0 Å². The maximum atomic E-state index is 12.8. The Bertz CT molecular complexity index is 744. The van der Waals surface area contributed by atoms with E-state index in [2.05, 4.69) is 46.1 Å². The first-order valence-electron chi connectivity index (χ1n) is 9.01. The molecule has 3 rings (SSSR count). The van der Waals surface area contributed by atoms with E-state index in [9.17, 15) is 4.79 Å². The summed E-state index contributed by atoms with van der Waals surface area (Å²) in [5, 5.41) is 11.4. The number of hydrogen-bond acceptors (Lipinski definition) is 3. The molecular formula is C19H27N5O. The lowest BCUT2D eigenvalue weighted by atomic mass is 9.97. The lowest BCUT2D eigenvalue weighted by Crippen LogP contribution is -2.42. The summed E-state index contributed by atoms with van der Waals surface area (Å²) in [7, 11) is 0. The Kier molecular flexibility index (Phi) is 5.06. The number of piperidine rings is 1. The molecule has 0 spiro atoms. The summed E-state index contributed by atoms with van der Waals surface area (Å²) in [6.45, 7) is 10.6. The van der Waals surface area contributed by atoms with Gasteiger partial charge in [0.05, 0.1) is 0 Å². The van der Waals surface area contributed by atoms with Crippen molar-refractivity contribution in [2.75, 3.05) is 18.4 Å². The van der Waals surface area contributed by atoms with Crippen molar-refractivity contribution < 1.29 is 4.79 Å². The second-order valence-corrected chi connectivity index (χ2v) is 6.96. The van der Waals surface area contributed by atoms with Crippen molar-refractivity contribution in [1.29, 1.82) is 0 Å². The zero-order valence-corrected chi connectivity index (χ0v) is 15.5. The average Bonchev–Trinajstić information content (AvgIpc) is 3.06. The van der Waals surface area contributed by atoms with Gasteiger partial charge in [-0.15, -0.1) is 10.2 Å². The number of urea groups is 1. The third-order valence-corrected chi connectivity index (χ3v) is 4.97. The third-order valence-electron chi connectivity index (χ3n) is 4.97. The summed E-state index contributed by atoms with van der Waals surface area (Å²) in [6.07, 6.45) is 3.80. The lowest BCUT2D eigenvalue weighted by molar-refractivity contribution is 0.190. The molecule has 2 aromatic rings. The minimum Gasteiger partial charge on any atom is -0.324 e. The normalized spacial score (nSPS) is 17.6. The number of aryl methyl sites for hydroxylation is 4. The highest BCUT2D eigenvalue weighted by Crippen LogP contribution is 2.27. The van der Waals surface area contributed by atoms with Gasteiger partial charge in [0.2, 0.25) is 0 Å². The van der Waals surface area contributed by atoms with E-state index in [-0.39, 0.29) is 11.9 Å². The van der Waals surface area contributed by atoms with Crippen LogP contribution >= 0.6 is 0 Å².